The second-order valence-corrected chi connectivity index (χ2v) is 5.94. The first-order valence-corrected chi connectivity index (χ1v) is 7.76. The van der Waals surface area contributed by atoms with E-state index in [1.54, 1.807) is 7.11 Å². The minimum absolute atomic E-state index is 0.132. The molecule has 2 rings (SSSR count). The molecule has 0 unspecified atom stereocenters. The van der Waals surface area contributed by atoms with Crippen LogP contribution in [0, 0.1) is 5.92 Å². The van der Waals surface area contributed by atoms with Crippen LogP contribution in [0.2, 0.25) is 0 Å². The number of hydrogen-bond donors (Lipinski definition) is 1. The monoisotopic (exact) mass is 290 g/mol. The molecular formula is C17H26N2O2. The second kappa shape index (κ2) is 7.46. The van der Waals surface area contributed by atoms with E-state index < -0.39 is 0 Å². The van der Waals surface area contributed by atoms with Gasteiger partial charge in [0.1, 0.15) is 5.75 Å². The molecule has 0 aliphatic carbocycles. The Labute approximate surface area is 127 Å². The van der Waals surface area contributed by atoms with Crippen LogP contribution in [0.4, 0.5) is 0 Å². The van der Waals surface area contributed by atoms with Crippen molar-refractivity contribution in [3.8, 4) is 5.75 Å². The smallest absolute Gasteiger partial charge is 0.234 e. The maximum absolute atomic E-state index is 11.2. The van der Waals surface area contributed by atoms with E-state index in [9.17, 15) is 4.79 Å². The molecule has 1 aliphatic heterocycles. The summed E-state index contributed by atoms with van der Waals surface area (Å²) in [4.78, 5) is 13.4. The van der Waals surface area contributed by atoms with E-state index in [0.717, 1.165) is 44.0 Å². The zero-order valence-corrected chi connectivity index (χ0v) is 13.0. The Kier molecular flexibility index (Phi) is 5.62. The van der Waals surface area contributed by atoms with Gasteiger partial charge in [0.15, 0.2) is 0 Å². The normalized spacial score (nSPS) is 18.4. The molecule has 1 aromatic rings. The number of likely N-dealkylation sites (tertiary alicyclic amines) is 1. The summed E-state index contributed by atoms with van der Waals surface area (Å²) in [5.41, 5.74) is 6.73. The molecule has 116 valence electrons. The van der Waals surface area contributed by atoms with E-state index in [-0.39, 0.29) is 11.9 Å². The minimum atomic E-state index is -0.216. The molecule has 0 spiro atoms. The number of benzene rings is 1. The Bertz CT molecular complexity index is 450. The van der Waals surface area contributed by atoms with Crippen molar-refractivity contribution in [3.05, 3.63) is 29.8 Å². The van der Waals surface area contributed by atoms with Gasteiger partial charge >= 0.3 is 0 Å². The maximum atomic E-state index is 11.2. The molecule has 2 N–H and O–H groups in total. The number of methoxy groups -OCH3 is 1. The Morgan fingerprint density at radius 2 is 1.95 bits per heavy atom. The summed E-state index contributed by atoms with van der Waals surface area (Å²) in [5, 5.41) is 0. The van der Waals surface area contributed by atoms with Gasteiger partial charge in [-0.15, -0.1) is 0 Å². The van der Waals surface area contributed by atoms with Crippen LogP contribution in [0.1, 0.15) is 31.7 Å². The van der Waals surface area contributed by atoms with Crippen LogP contribution >= 0.6 is 0 Å². The first-order valence-electron chi connectivity index (χ1n) is 7.76. The van der Waals surface area contributed by atoms with Crippen LogP contribution in [-0.2, 0) is 11.2 Å². The number of ether oxygens (including phenoxy) is 1. The van der Waals surface area contributed by atoms with Gasteiger partial charge in [0.05, 0.1) is 13.2 Å². The highest BCUT2D eigenvalue weighted by atomic mass is 16.5. The molecule has 0 saturated carbocycles. The fraction of sp³-hybridized carbons (Fsp3) is 0.588. The fourth-order valence-electron chi connectivity index (χ4n) is 2.97. The van der Waals surface area contributed by atoms with Crippen LogP contribution in [0.25, 0.3) is 0 Å². The number of hydrogen-bond acceptors (Lipinski definition) is 3. The van der Waals surface area contributed by atoms with Gasteiger partial charge in [-0.3, -0.25) is 9.69 Å². The summed E-state index contributed by atoms with van der Waals surface area (Å²) in [6.07, 6.45) is 4.65. The van der Waals surface area contributed by atoms with Crippen molar-refractivity contribution in [3.63, 3.8) is 0 Å². The van der Waals surface area contributed by atoms with Gasteiger partial charge in [0, 0.05) is 0 Å². The number of aryl methyl sites for hydroxylation is 1. The molecule has 1 aromatic carbocycles. The Morgan fingerprint density at radius 1 is 1.33 bits per heavy atom. The van der Waals surface area contributed by atoms with Crippen molar-refractivity contribution < 1.29 is 9.53 Å². The predicted molar refractivity (Wildman–Crippen MR) is 84.3 cm³/mol. The van der Waals surface area contributed by atoms with Crippen molar-refractivity contribution in [1.82, 2.24) is 4.90 Å². The highest BCUT2D eigenvalue weighted by Crippen LogP contribution is 2.24. The summed E-state index contributed by atoms with van der Waals surface area (Å²) in [6.45, 7) is 3.87. The maximum Gasteiger partial charge on any atom is 0.234 e. The van der Waals surface area contributed by atoms with Gasteiger partial charge in [-0.2, -0.15) is 0 Å². The molecule has 0 bridgehead atoms. The molecule has 0 radical (unpaired) electrons. The molecule has 0 aromatic heterocycles. The molecule has 1 amide bonds. The summed E-state index contributed by atoms with van der Waals surface area (Å²) in [6, 6.07) is 8.19. The number of nitrogens with two attached hydrogens (primary N) is 1. The van der Waals surface area contributed by atoms with E-state index >= 15 is 0 Å². The van der Waals surface area contributed by atoms with E-state index in [1.807, 2.05) is 19.1 Å². The lowest BCUT2D eigenvalue weighted by Crippen LogP contribution is -2.46. The molecule has 1 fully saturated rings. The summed E-state index contributed by atoms with van der Waals surface area (Å²) < 4.78 is 5.17. The molecule has 4 heteroatoms. The van der Waals surface area contributed by atoms with E-state index in [1.165, 1.54) is 12.0 Å². The van der Waals surface area contributed by atoms with Gasteiger partial charge in [0.2, 0.25) is 5.91 Å². The van der Waals surface area contributed by atoms with Crippen LogP contribution in [-0.4, -0.2) is 37.0 Å². The van der Waals surface area contributed by atoms with Crippen molar-refractivity contribution in [1.29, 1.82) is 0 Å². The van der Waals surface area contributed by atoms with E-state index in [4.69, 9.17) is 10.5 Å². The average molecular weight is 290 g/mol. The molecule has 1 heterocycles. The minimum Gasteiger partial charge on any atom is -0.497 e. The molecule has 1 atom stereocenters. The van der Waals surface area contributed by atoms with Gasteiger partial charge < -0.3 is 10.5 Å². The summed E-state index contributed by atoms with van der Waals surface area (Å²) >= 11 is 0. The third kappa shape index (κ3) is 4.46. The number of carbonyl (C=O) groups is 1. The quantitative estimate of drug-likeness (QED) is 0.874. The highest BCUT2D eigenvalue weighted by molar-refractivity contribution is 5.79. The van der Waals surface area contributed by atoms with Crippen molar-refractivity contribution in [2.45, 2.75) is 38.6 Å². The number of rotatable bonds is 6. The lowest BCUT2D eigenvalue weighted by molar-refractivity contribution is -0.123. The number of nitrogens with zero attached hydrogens (tertiary/aromatic N) is 1. The van der Waals surface area contributed by atoms with Gasteiger partial charge in [-0.05, 0) is 69.3 Å². The first kappa shape index (κ1) is 15.8. The Hall–Kier alpha value is -1.55. The van der Waals surface area contributed by atoms with Crippen LogP contribution < -0.4 is 10.5 Å². The Morgan fingerprint density at radius 3 is 2.48 bits per heavy atom. The number of amides is 1. The van der Waals surface area contributed by atoms with Gasteiger partial charge in [-0.25, -0.2) is 0 Å². The zero-order chi connectivity index (χ0) is 15.2. The molecule has 1 saturated heterocycles. The highest BCUT2D eigenvalue weighted by Gasteiger charge is 2.24. The predicted octanol–water partition coefficient (Wildman–Crippen LogP) is 2.21. The van der Waals surface area contributed by atoms with E-state index in [2.05, 4.69) is 17.0 Å². The number of carbonyl (C=O) groups excluding carboxylic acids is 1. The van der Waals surface area contributed by atoms with Crippen molar-refractivity contribution in [2.75, 3.05) is 20.2 Å². The van der Waals surface area contributed by atoms with E-state index in [0.29, 0.717) is 0 Å². The SMILES string of the molecule is COc1ccc(CCC2CCN([C@@H](C)C(N)=O)CC2)cc1. The van der Waals surface area contributed by atoms with Crippen molar-refractivity contribution >= 4 is 5.91 Å². The van der Waals surface area contributed by atoms with Crippen LogP contribution in [0.15, 0.2) is 24.3 Å². The summed E-state index contributed by atoms with van der Waals surface area (Å²) in [7, 11) is 1.69. The first-order chi connectivity index (χ1) is 10.1. The van der Waals surface area contributed by atoms with Crippen LogP contribution in [0.3, 0.4) is 0 Å². The topological polar surface area (TPSA) is 55.6 Å². The molecular weight excluding hydrogens is 264 g/mol. The average Bonchev–Trinajstić information content (AvgIpc) is 2.53. The lowest BCUT2D eigenvalue weighted by Gasteiger charge is -2.34. The van der Waals surface area contributed by atoms with Crippen LogP contribution in [0.5, 0.6) is 5.75 Å². The molecule has 21 heavy (non-hydrogen) atoms. The largest absolute Gasteiger partial charge is 0.497 e. The molecule has 4 nitrogen and oxygen atoms in total. The van der Waals surface area contributed by atoms with Gasteiger partial charge in [0.25, 0.3) is 0 Å². The summed E-state index contributed by atoms with van der Waals surface area (Å²) in [5.74, 6) is 1.45. The van der Waals surface area contributed by atoms with Crippen molar-refractivity contribution in [2.24, 2.45) is 11.7 Å². The molecule has 1 aliphatic rings. The lowest BCUT2D eigenvalue weighted by atomic mass is 9.90. The number of piperidine rings is 1. The third-order valence-electron chi connectivity index (χ3n) is 4.61. The zero-order valence-electron chi connectivity index (χ0n) is 13.0. The Balaban J connectivity index is 1.74. The van der Waals surface area contributed by atoms with Gasteiger partial charge in [-0.1, -0.05) is 12.1 Å². The standard InChI is InChI=1S/C17H26N2O2/c1-13(17(18)20)19-11-9-15(10-12-19)4-3-14-5-7-16(21-2)8-6-14/h5-8,13,15H,3-4,9-12H2,1-2H3,(H2,18,20)/t13-/m0/s1. The second-order valence-electron chi connectivity index (χ2n) is 5.94. The third-order valence-corrected chi connectivity index (χ3v) is 4.61. The fourth-order valence-corrected chi connectivity index (χ4v) is 2.97. The number of primary amides is 1.